The Morgan fingerprint density at radius 2 is 1.59 bits per heavy atom. The van der Waals surface area contributed by atoms with E-state index in [1.165, 1.54) is 17.2 Å². The summed E-state index contributed by atoms with van der Waals surface area (Å²) in [5.74, 6) is 0.623. The molecular formula is C40H43N5O4. The SMILES string of the molecule is CCCCOc1ccc(C(O)CN(CCc2ccc(Nc3ccc(-n4[nH]c(=O)cc4C)cc3)cc2)Cc2ccccc2)c2ccc(=O)[nH]c12. The van der Waals surface area contributed by atoms with Gasteiger partial charge in [0.1, 0.15) is 5.75 Å². The lowest BCUT2D eigenvalue weighted by Gasteiger charge is -2.26. The maximum Gasteiger partial charge on any atom is 0.264 e. The molecule has 2 heterocycles. The number of hydrogen-bond donors (Lipinski definition) is 4. The molecule has 6 aromatic rings. The Morgan fingerprint density at radius 1 is 0.857 bits per heavy atom. The molecule has 0 spiro atoms. The number of ether oxygens (including phenoxy) is 1. The number of hydrogen-bond acceptors (Lipinski definition) is 6. The average Bonchev–Trinajstić information content (AvgIpc) is 3.45. The average molecular weight is 658 g/mol. The fourth-order valence-corrected chi connectivity index (χ4v) is 6.06. The molecule has 252 valence electrons. The highest BCUT2D eigenvalue weighted by Crippen LogP contribution is 2.31. The lowest BCUT2D eigenvalue weighted by atomic mass is 10.0. The summed E-state index contributed by atoms with van der Waals surface area (Å²) in [6.07, 6.45) is 1.96. The Labute approximate surface area is 285 Å². The molecule has 0 aliphatic heterocycles. The van der Waals surface area contributed by atoms with Crippen LogP contribution in [0, 0.1) is 6.92 Å². The third-order valence-electron chi connectivity index (χ3n) is 8.68. The topological polar surface area (TPSA) is 115 Å². The van der Waals surface area contributed by atoms with E-state index in [4.69, 9.17) is 4.74 Å². The summed E-state index contributed by atoms with van der Waals surface area (Å²) >= 11 is 0. The fourth-order valence-electron chi connectivity index (χ4n) is 6.06. The van der Waals surface area contributed by atoms with E-state index >= 15 is 0 Å². The molecule has 0 saturated carbocycles. The van der Waals surface area contributed by atoms with Crippen molar-refractivity contribution in [2.75, 3.05) is 25.0 Å². The second-order valence-electron chi connectivity index (χ2n) is 12.4. The van der Waals surface area contributed by atoms with Crippen molar-refractivity contribution in [3.05, 3.63) is 152 Å². The van der Waals surface area contributed by atoms with Gasteiger partial charge in [0, 0.05) is 54.2 Å². The number of fused-ring (bicyclic) bond motifs is 1. The number of anilines is 2. The number of H-pyrrole nitrogens is 2. The van der Waals surface area contributed by atoms with Crippen LogP contribution in [0.1, 0.15) is 48.3 Å². The van der Waals surface area contributed by atoms with Crippen LogP contribution in [-0.4, -0.2) is 44.5 Å². The zero-order valence-electron chi connectivity index (χ0n) is 28.0. The van der Waals surface area contributed by atoms with Crippen LogP contribution >= 0.6 is 0 Å². The molecule has 0 saturated heterocycles. The van der Waals surface area contributed by atoms with Gasteiger partial charge in [0.2, 0.25) is 5.56 Å². The molecule has 0 aliphatic rings. The second kappa shape index (κ2) is 15.7. The molecule has 0 bridgehead atoms. The molecule has 0 amide bonds. The van der Waals surface area contributed by atoms with Crippen LogP contribution in [0.25, 0.3) is 16.6 Å². The molecule has 2 aromatic heterocycles. The Morgan fingerprint density at radius 3 is 2.29 bits per heavy atom. The minimum Gasteiger partial charge on any atom is -0.491 e. The molecule has 9 nitrogen and oxygen atoms in total. The standard InChI is InChI=1S/C40H43N5O4/c1-3-4-24-49-37-20-18-34(35-19-21-38(47)42-40(35)37)36(46)27-44(26-30-8-6-5-7-9-30)23-22-29-10-12-31(13-11-29)41-32-14-16-33(17-15-32)45-28(2)25-39(48)43-45/h5-21,25,36,41,46H,3-4,22-24,26-27H2,1-2H3,(H,42,47)(H,43,48). The maximum absolute atomic E-state index is 12.2. The van der Waals surface area contributed by atoms with Crippen LogP contribution in [0.15, 0.2) is 119 Å². The first-order chi connectivity index (χ1) is 23.9. The van der Waals surface area contributed by atoms with Crippen molar-refractivity contribution < 1.29 is 9.84 Å². The summed E-state index contributed by atoms with van der Waals surface area (Å²) in [5.41, 5.74) is 7.09. The number of nitrogens with zero attached hydrogens (tertiary/aromatic N) is 2. The van der Waals surface area contributed by atoms with Crippen LogP contribution < -0.4 is 21.2 Å². The van der Waals surface area contributed by atoms with E-state index in [2.05, 4.69) is 63.6 Å². The number of aromatic amines is 2. The Kier molecular flexibility index (Phi) is 10.7. The summed E-state index contributed by atoms with van der Waals surface area (Å²) in [7, 11) is 0. The number of rotatable bonds is 15. The number of aryl methyl sites for hydroxylation is 1. The van der Waals surface area contributed by atoms with Gasteiger partial charge in [0.25, 0.3) is 5.56 Å². The molecule has 1 atom stereocenters. The maximum atomic E-state index is 12.2. The van der Waals surface area contributed by atoms with Gasteiger partial charge in [-0.3, -0.25) is 24.3 Å². The highest BCUT2D eigenvalue weighted by Gasteiger charge is 2.19. The van der Waals surface area contributed by atoms with Crippen LogP contribution in [0.4, 0.5) is 11.4 Å². The largest absolute Gasteiger partial charge is 0.491 e. The molecule has 0 fully saturated rings. The van der Waals surface area contributed by atoms with Crippen LogP contribution in [0.3, 0.4) is 0 Å². The van der Waals surface area contributed by atoms with E-state index in [-0.39, 0.29) is 11.1 Å². The van der Waals surface area contributed by atoms with E-state index in [9.17, 15) is 14.7 Å². The number of aliphatic hydroxyl groups is 1. The van der Waals surface area contributed by atoms with Gasteiger partial charge in [0.15, 0.2) is 0 Å². The van der Waals surface area contributed by atoms with Gasteiger partial charge in [0.05, 0.1) is 23.9 Å². The van der Waals surface area contributed by atoms with Gasteiger partial charge in [-0.1, -0.05) is 61.9 Å². The zero-order chi connectivity index (χ0) is 34.2. The van der Waals surface area contributed by atoms with Gasteiger partial charge in [-0.05, 0) is 85.0 Å². The summed E-state index contributed by atoms with van der Waals surface area (Å²) in [4.78, 5) is 29.1. The minimum atomic E-state index is -0.776. The lowest BCUT2D eigenvalue weighted by molar-refractivity contribution is 0.110. The first-order valence-corrected chi connectivity index (χ1v) is 16.8. The van der Waals surface area contributed by atoms with Crippen LogP contribution in [0.2, 0.25) is 0 Å². The van der Waals surface area contributed by atoms with E-state index in [1.54, 1.807) is 16.8 Å². The van der Waals surface area contributed by atoms with Crippen molar-refractivity contribution in [2.45, 2.75) is 45.8 Å². The predicted octanol–water partition coefficient (Wildman–Crippen LogP) is 7.02. The first kappa shape index (κ1) is 33.5. The van der Waals surface area contributed by atoms with Crippen molar-refractivity contribution in [2.24, 2.45) is 0 Å². The number of benzene rings is 4. The Balaban J connectivity index is 1.13. The molecule has 4 N–H and O–H groups in total. The predicted molar refractivity (Wildman–Crippen MR) is 196 cm³/mol. The van der Waals surface area contributed by atoms with Gasteiger partial charge >= 0.3 is 0 Å². The van der Waals surface area contributed by atoms with E-state index in [1.807, 2.05) is 61.5 Å². The molecule has 0 radical (unpaired) electrons. The van der Waals surface area contributed by atoms with Crippen molar-refractivity contribution in [1.82, 2.24) is 19.7 Å². The highest BCUT2D eigenvalue weighted by atomic mass is 16.5. The van der Waals surface area contributed by atoms with Crippen molar-refractivity contribution in [3.63, 3.8) is 0 Å². The third kappa shape index (κ3) is 8.56. The van der Waals surface area contributed by atoms with Crippen molar-refractivity contribution in [1.29, 1.82) is 0 Å². The monoisotopic (exact) mass is 657 g/mol. The van der Waals surface area contributed by atoms with Crippen LogP contribution in [0.5, 0.6) is 5.75 Å². The first-order valence-electron chi connectivity index (χ1n) is 16.8. The summed E-state index contributed by atoms with van der Waals surface area (Å²) < 4.78 is 7.76. The zero-order valence-corrected chi connectivity index (χ0v) is 28.0. The second-order valence-corrected chi connectivity index (χ2v) is 12.4. The molecular weight excluding hydrogens is 614 g/mol. The third-order valence-corrected chi connectivity index (χ3v) is 8.68. The number of pyridine rings is 1. The summed E-state index contributed by atoms with van der Waals surface area (Å²) in [6, 6.07) is 35.2. The number of aliphatic hydroxyl groups excluding tert-OH is 1. The fraction of sp³-hybridized carbons (Fsp3) is 0.250. The quantitative estimate of drug-likeness (QED) is 0.0883. The number of unbranched alkanes of at least 4 members (excludes halogenated alkanes) is 1. The normalized spacial score (nSPS) is 12.0. The van der Waals surface area contributed by atoms with Gasteiger partial charge < -0.3 is 20.1 Å². The van der Waals surface area contributed by atoms with E-state index < -0.39 is 6.10 Å². The van der Waals surface area contributed by atoms with Crippen molar-refractivity contribution >= 4 is 22.3 Å². The summed E-state index contributed by atoms with van der Waals surface area (Å²) in [6.45, 7) is 6.43. The molecule has 1 unspecified atom stereocenters. The van der Waals surface area contributed by atoms with E-state index in [0.29, 0.717) is 31.0 Å². The van der Waals surface area contributed by atoms with Crippen LogP contribution in [-0.2, 0) is 13.0 Å². The molecule has 49 heavy (non-hydrogen) atoms. The van der Waals surface area contributed by atoms with Gasteiger partial charge in [-0.2, -0.15) is 0 Å². The molecule has 0 aliphatic carbocycles. The minimum absolute atomic E-state index is 0.121. The number of aromatic nitrogens is 3. The molecule has 4 aromatic carbocycles. The van der Waals surface area contributed by atoms with Gasteiger partial charge in [-0.25, -0.2) is 0 Å². The lowest BCUT2D eigenvalue weighted by Crippen LogP contribution is -2.30. The highest BCUT2D eigenvalue weighted by molar-refractivity contribution is 5.87. The Bertz CT molecular complexity index is 2080. The number of nitrogens with one attached hydrogen (secondary N) is 3. The van der Waals surface area contributed by atoms with E-state index in [0.717, 1.165) is 59.5 Å². The summed E-state index contributed by atoms with van der Waals surface area (Å²) in [5, 5.41) is 18.7. The van der Waals surface area contributed by atoms with Gasteiger partial charge in [-0.15, -0.1) is 0 Å². The van der Waals surface area contributed by atoms with Crippen molar-refractivity contribution in [3.8, 4) is 11.4 Å². The Hall–Kier alpha value is -5.38. The smallest absolute Gasteiger partial charge is 0.264 e. The molecule has 6 rings (SSSR count). The molecule has 9 heteroatoms.